The van der Waals surface area contributed by atoms with Crippen LogP contribution in [0.3, 0.4) is 0 Å². The molecule has 1 atom stereocenters. The Morgan fingerprint density at radius 2 is 2.07 bits per heavy atom. The third-order valence-corrected chi connectivity index (χ3v) is 5.52. The number of ether oxygens (including phenoxy) is 1. The number of nitrogens with one attached hydrogen (secondary N) is 1. The first-order valence-electron chi connectivity index (χ1n) is 9.27. The Balaban J connectivity index is 1.65. The molecule has 3 rings (SSSR count). The van der Waals surface area contributed by atoms with Gasteiger partial charge in [-0.1, -0.05) is 35.5 Å². The number of allylic oxidation sites excluding steroid dienone is 1. The molecule has 0 radical (unpaired) electrons. The van der Waals surface area contributed by atoms with Gasteiger partial charge in [-0.05, 0) is 54.0 Å². The van der Waals surface area contributed by atoms with Crippen LogP contribution in [0.15, 0.2) is 64.9 Å². The van der Waals surface area contributed by atoms with Crippen molar-refractivity contribution in [1.82, 2.24) is 19.7 Å². The normalized spacial score (nSPS) is 11.7. The number of rotatable bonds is 9. The number of anilines is 1. The lowest BCUT2D eigenvalue weighted by atomic mass is 10.2. The van der Waals surface area contributed by atoms with Gasteiger partial charge in [0.2, 0.25) is 5.91 Å². The molecule has 1 unspecified atom stereocenters. The quantitative estimate of drug-likeness (QED) is 0.344. The van der Waals surface area contributed by atoms with Crippen LogP contribution in [0.25, 0.3) is 0 Å². The van der Waals surface area contributed by atoms with E-state index in [1.54, 1.807) is 18.3 Å². The van der Waals surface area contributed by atoms with Gasteiger partial charge in [-0.25, -0.2) is 4.98 Å². The summed E-state index contributed by atoms with van der Waals surface area (Å²) >= 11 is 4.62. The molecular formula is C21H22BrN5O2S. The van der Waals surface area contributed by atoms with Crippen molar-refractivity contribution in [2.24, 2.45) is 0 Å². The number of amides is 1. The molecule has 1 N–H and O–H groups in total. The highest BCUT2D eigenvalue weighted by atomic mass is 79.9. The number of aromatic nitrogens is 4. The zero-order valence-electron chi connectivity index (χ0n) is 16.7. The number of hydrogen-bond donors (Lipinski definition) is 1. The number of pyridine rings is 1. The molecule has 0 bridgehead atoms. The number of thioether (sulfide) groups is 1. The summed E-state index contributed by atoms with van der Waals surface area (Å²) in [5, 5.41) is 11.9. The van der Waals surface area contributed by atoms with E-state index in [1.165, 1.54) is 17.3 Å². The first-order valence-corrected chi connectivity index (χ1v) is 11.1. The number of nitrogens with zero attached hydrogens (tertiary/aromatic N) is 4. The summed E-state index contributed by atoms with van der Waals surface area (Å²) in [7, 11) is 0. The zero-order chi connectivity index (χ0) is 21.5. The highest BCUT2D eigenvalue weighted by molar-refractivity contribution is 9.10. The molecule has 3 aromatic rings. The van der Waals surface area contributed by atoms with Gasteiger partial charge >= 0.3 is 0 Å². The Labute approximate surface area is 188 Å². The summed E-state index contributed by atoms with van der Waals surface area (Å²) in [6, 6.07) is 11.4. The van der Waals surface area contributed by atoms with E-state index in [0.717, 1.165) is 10.2 Å². The van der Waals surface area contributed by atoms with Gasteiger partial charge in [0.15, 0.2) is 17.1 Å². The molecule has 156 valence electrons. The fourth-order valence-corrected chi connectivity index (χ4v) is 3.63. The maximum absolute atomic E-state index is 12.3. The second-order valence-electron chi connectivity index (χ2n) is 6.51. The SMILES string of the molecule is C=CCn1c(SCC(=O)Nc2ccc(Br)cn2)nnc1C(C)Oc1ccc(C)cc1. The molecule has 0 fully saturated rings. The van der Waals surface area contributed by atoms with Crippen molar-refractivity contribution >= 4 is 39.4 Å². The molecule has 7 nitrogen and oxygen atoms in total. The minimum absolute atomic E-state index is 0.173. The number of benzene rings is 1. The van der Waals surface area contributed by atoms with Gasteiger partial charge in [-0.2, -0.15) is 0 Å². The van der Waals surface area contributed by atoms with Gasteiger partial charge in [0, 0.05) is 17.2 Å². The van der Waals surface area contributed by atoms with Crippen molar-refractivity contribution in [3.63, 3.8) is 0 Å². The molecule has 2 heterocycles. The van der Waals surface area contributed by atoms with E-state index >= 15 is 0 Å². The first-order chi connectivity index (χ1) is 14.5. The third-order valence-electron chi connectivity index (χ3n) is 4.08. The summed E-state index contributed by atoms with van der Waals surface area (Å²) in [5.74, 6) is 1.94. The largest absolute Gasteiger partial charge is 0.483 e. The van der Waals surface area contributed by atoms with E-state index in [9.17, 15) is 4.79 Å². The van der Waals surface area contributed by atoms with Crippen LogP contribution in [0.1, 0.15) is 24.4 Å². The lowest BCUT2D eigenvalue weighted by Crippen LogP contribution is -2.16. The lowest BCUT2D eigenvalue weighted by Gasteiger charge is -2.16. The number of aryl methyl sites for hydroxylation is 1. The van der Waals surface area contributed by atoms with Crippen molar-refractivity contribution in [3.8, 4) is 5.75 Å². The van der Waals surface area contributed by atoms with E-state index in [0.29, 0.717) is 23.3 Å². The van der Waals surface area contributed by atoms with Crippen LogP contribution in [-0.2, 0) is 11.3 Å². The Hall–Kier alpha value is -2.65. The summed E-state index contributed by atoms with van der Waals surface area (Å²) in [5.41, 5.74) is 1.17. The monoisotopic (exact) mass is 487 g/mol. The fraction of sp³-hybridized carbons (Fsp3) is 0.238. The van der Waals surface area contributed by atoms with Crippen molar-refractivity contribution in [2.45, 2.75) is 31.7 Å². The molecule has 2 aromatic heterocycles. The van der Waals surface area contributed by atoms with Crippen LogP contribution < -0.4 is 10.1 Å². The maximum Gasteiger partial charge on any atom is 0.236 e. The standard InChI is InChI=1S/C21H22BrN5O2S/c1-4-11-27-20(15(3)29-17-8-5-14(2)6-9-17)25-26-21(27)30-13-19(28)24-18-10-7-16(22)12-23-18/h4-10,12,15H,1,11,13H2,2-3H3,(H,23,24,28). The van der Waals surface area contributed by atoms with Crippen LogP contribution in [0, 0.1) is 6.92 Å². The fourth-order valence-electron chi connectivity index (χ4n) is 2.64. The molecule has 0 aliphatic rings. The van der Waals surface area contributed by atoms with Gasteiger partial charge in [0.25, 0.3) is 0 Å². The van der Waals surface area contributed by atoms with E-state index < -0.39 is 0 Å². The third kappa shape index (κ3) is 5.93. The lowest BCUT2D eigenvalue weighted by molar-refractivity contribution is -0.113. The van der Waals surface area contributed by atoms with E-state index in [4.69, 9.17) is 4.74 Å². The number of hydrogen-bond acceptors (Lipinski definition) is 6. The van der Waals surface area contributed by atoms with Crippen LogP contribution in [-0.4, -0.2) is 31.4 Å². The number of halogens is 1. The van der Waals surface area contributed by atoms with Gasteiger partial charge in [0.05, 0.1) is 5.75 Å². The van der Waals surface area contributed by atoms with Crippen LogP contribution in [0.5, 0.6) is 5.75 Å². The molecular weight excluding hydrogens is 466 g/mol. The van der Waals surface area contributed by atoms with Gasteiger partial charge in [0.1, 0.15) is 11.6 Å². The molecule has 9 heteroatoms. The van der Waals surface area contributed by atoms with Gasteiger partial charge in [-0.3, -0.25) is 9.36 Å². The van der Waals surface area contributed by atoms with Crippen molar-refractivity contribution in [1.29, 1.82) is 0 Å². The molecule has 1 amide bonds. The average Bonchev–Trinajstić information content (AvgIpc) is 3.13. The Morgan fingerprint density at radius 3 is 2.73 bits per heavy atom. The van der Waals surface area contributed by atoms with Crippen molar-refractivity contribution in [2.75, 3.05) is 11.1 Å². The Kier molecular flexibility index (Phi) is 7.64. The summed E-state index contributed by atoms with van der Waals surface area (Å²) in [4.78, 5) is 16.4. The number of carbonyl (C=O) groups is 1. The van der Waals surface area contributed by atoms with E-state index in [2.05, 4.69) is 43.0 Å². The summed E-state index contributed by atoms with van der Waals surface area (Å²) in [6.45, 7) is 8.28. The maximum atomic E-state index is 12.3. The summed E-state index contributed by atoms with van der Waals surface area (Å²) in [6.07, 6.45) is 3.09. The molecule has 0 saturated heterocycles. The van der Waals surface area contributed by atoms with Crippen molar-refractivity contribution in [3.05, 3.63) is 71.1 Å². The summed E-state index contributed by atoms with van der Waals surface area (Å²) < 4.78 is 8.77. The van der Waals surface area contributed by atoms with Crippen LogP contribution in [0.2, 0.25) is 0 Å². The minimum Gasteiger partial charge on any atom is -0.483 e. The molecule has 0 spiro atoms. The highest BCUT2D eigenvalue weighted by Crippen LogP contribution is 2.25. The highest BCUT2D eigenvalue weighted by Gasteiger charge is 2.20. The second-order valence-corrected chi connectivity index (χ2v) is 8.37. The van der Waals surface area contributed by atoms with Crippen molar-refractivity contribution < 1.29 is 9.53 Å². The molecule has 0 saturated carbocycles. The topological polar surface area (TPSA) is 81.9 Å². The van der Waals surface area contributed by atoms with E-state index in [1.807, 2.05) is 48.7 Å². The zero-order valence-corrected chi connectivity index (χ0v) is 19.1. The van der Waals surface area contributed by atoms with Gasteiger partial charge < -0.3 is 10.1 Å². The van der Waals surface area contributed by atoms with Gasteiger partial charge in [-0.15, -0.1) is 16.8 Å². The predicted molar refractivity (Wildman–Crippen MR) is 122 cm³/mol. The Morgan fingerprint density at radius 1 is 1.30 bits per heavy atom. The molecule has 1 aromatic carbocycles. The molecule has 30 heavy (non-hydrogen) atoms. The Bertz CT molecular complexity index is 1010. The van der Waals surface area contributed by atoms with Crippen LogP contribution in [0.4, 0.5) is 5.82 Å². The second kappa shape index (κ2) is 10.4. The molecule has 0 aliphatic carbocycles. The predicted octanol–water partition coefficient (Wildman–Crippen LogP) is 4.80. The number of carbonyl (C=O) groups excluding carboxylic acids is 1. The van der Waals surface area contributed by atoms with E-state index in [-0.39, 0.29) is 17.8 Å². The van der Waals surface area contributed by atoms with Crippen LogP contribution >= 0.6 is 27.7 Å². The molecule has 0 aliphatic heterocycles. The first kappa shape index (κ1) is 22.0. The average molecular weight is 488 g/mol. The smallest absolute Gasteiger partial charge is 0.236 e. The minimum atomic E-state index is -0.310.